The normalized spacial score (nSPS) is 13.5. The van der Waals surface area contributed by atoms with Gasteiger partial charge in [-0.05, 0) is 29.8 Å². The Hall–Kier alpha value is -2.74. The average molecular weight is 390 g/mol. The standard InChI is InChI=1S/C19H22N2O5S/c1-27(23,24)21(16-6-3-2-4-7-16)14-19(22)20-13-15-8-9-17-18(12-15)26-11-5-10-25-17/h2-4,6-9,12H,5,10-11,13-14H2,1H3,(H,20,22). The first-order valence-electron chi connectivity index (χ1n) is 8.61. The maximum Gasteiger partial charge on any atom is 0.241 e. The number of para-hydroxylation sites is 1. The van der Waals surface area contributed by atoms with Gasteiger partial charge in [0.25, 0.3) is 0 Å². The summed E-state index contributed by atoms with van der Waals surface area (Å²) in [6.45, 7) is 1.18. The third kappa shape index (κ3) is 5.13. The van der Waals surface area contributed by atoms with E-state index in [0.29, 0.717) is 30.4 Å². The van der Waals surface area contributed by atoms with Crippen molar-refractivity contribution in [2.24, 2.45) is 0 Å². The molecule has 0 unspecified atom stereocenters. The third-order valence-corrected chi connectivity index (χ3v) is 5.17. The lowest BCUT2D eigenvalue weighted by Gasteiger charge is -2.21. The van der Waals surface area contributed by atoms with Gasteiger partial charge in [0.15, 0.2) is 11.5 Å². The van der Waals surface area contributed by atoms with Gasteiger partial charge in [-0.2, -0.15) is 0 Å². The number of amides is 1. The fraction of sp³-hybridized carbons (Fsp3) is 0.316. The van der Waals surface area contributed by atoms with Crippen LogP contribution in [-0.2, 0) is 21.4 Å². The highest BCUT2D eigenvalue weighted by molar-refractivity contribution is 7.92. The van der Waals surface area contributed by atoms with Crippen LogP contribution >= 0.6 is 0 Å². The summed E-state index contributed by atoms with van der Waals surface area (Å²) in [4.78, 5) is 12.3. The molecule has 1 aliphatic heterocycles. The molecular weight excluding hydrogens is 368 g/mol. The van der Waals surface area contributed by atoms with E-state index in [4.69, 9.17) is 9.47 Å². The van der Waals surface area contributed by atoms with Crippen molar-refractivity contribution in [3.63, 3.8) is 0 Å². The van der Waals surface area contributed by atoms with Crippen LogP contribution in [-0.4, -0.2) is 40.3 Å². The molecule has 0 bridgehead atoms. The molecule has 3 rings (SSSR count). The topological polar surface area (TPSA) is 84.9 Å². The molecule has 0 saturated heterocycles. The van der Waals surface area contributed by atoms with E-state index in [-0.39, 0.29) is 13.1 Å². The highest BCUT2D eigenvalue weighted by atomic mass is 32.2. The second kappa shape index (κ2) is 8.30. The Bertz CT molecular complexity index is 900. The largest absolute Gasteiger partial charge is 0.490 e. The second-order valence-corrected chi connectivity index (χ2v) is 8.12. The van der Waals surface area contributed by atoms with Gasteiger partial charge in [0.05, 0.1) is 25.2 Å². The van der Waals surface area contributed by atoms with Gasteiger partial charge in [0, 0.05) is 13.0 Å². The van der Waals surface area contributed by atoms with Crippen LogP contribution in [0.1, 0.15) is 12.0 Å². The molecule has 27 heavy (non-hydrogen) atoms. The Labute approximate surface area is 158 Å². The molecule has 7 nitrogen and oxygen atoms in total. The molecule has 1 N–H and O–H groups in total. The summed E-state index contributed by atoms with van der Waals surface area (Å²) in [5.41, 5.74) is 1.30. The maximum atomic E-state index is 12.3. The van der Waals surface area contributed by atoms with Crippen LogP contribution in [0.3, 0.4) is 0 Å². The number of hydrogen-bond donors (Lipinski definition) is 1. The summed E-state index contributed by atoms with van der Waals surface area (Å²) in [6, 6.07) is 14.0. The molecule has 0 atom stereocenters. The van der Waals surface area contributed by atoms with Crippen LogP contribution in [0, 0.1) is 0 Å². The van der Waals surface area contributed by atoms with Gasteiger partial charge in [-0.25, -0.2) is 8.42 Å². The van der Waals surface area contributed by atoms with E-state index in [9.17, 15) is 13.2 Å². The van der Waals surface area contributed by atoms with Gasteiger partial charge in [0.2, 0.25) is 15.9 Å². The van der Waals surface area contributed by atoms with E-state index in [1.54, 1.807) is 30.3 Å². The summed E-state index contributed by atoms with van der Waals surface area (Å²) >= 11 is 0. The van der Waals surface area contributed by atoms with Crippen LogP contribution in [0.15, 0.2) is 48.5 Å². The summed E-state index contributed by atoms with van der Waals surface area (Å²) in [5.74, 6) is 0.951. The number of fused-ring (bicyclic) bond motifs is 1. The molecule has 1 heterocycles. The molecular formula is C19H22N2O5S. The van der Waals surface area contributed by atoms with Gasteiger partial charge in [-0.3, -0.25) is 9.10 Å². The van der Waals surface area contributed by atoms with Crippen molar-refractivity contribution in [3.8, 4) is 11.5 Å². The summed E-state index contributed by atoms with van der Waals surface area (Å²) < 4.78 is 36.4. The number of nitrogens with one attached hydrogen (secondary N) is 1. The Morgan fingerprint density at radius 2 is 1.78 bits per heavy atom. The fourth-order valence-electron chi connectivity index (χ4n) is 2.70. The minimum Gasteiger partial charge on any atom is -0.490 e. The molecule has 2 aromatic rings. The fourth-order valence-corrected chi connectivity index (χ4v) is 3.56. The minimum atomic E-state index is -3.58. The molecule has 2 aromatic carbocycles. The SMILES string of the molecule is CS(=O)(=O)N(CC(=O)NCc1ccc2c(c1)OCCCO2)c1ccccc1. The second-order valence-electron chi connectivity index (χ2n) is 6.21. The summed E-state index contributed by atoms with van der Waals surface area (Å²) in [7, 11) is -3.58. The quantitative estimate of drug-likeness (QED) is 0.815. The number of nitrogens with zero attached hydrogens (tertiary/aromatic N) is 1. The van der Waals surface area contributed by atoms with Crippen LogP contribution in [0.2, 0.25) is 0 Å². The molecule has 0 fully saturated rings. The predicted molar refractivity (Wildman–Crippen MR) is 103 cm³/mol. The van der Waals surface area contributed by atoms with Crippen molar-refractivity contribution < 1.29 is 22.7 Å². The van der Waals surface area contributed by atoms with Gasteiger partial charge in [0.1, 0.15) is 6.54 Å². The zero-order valence-corrected chi connectivity index (χ0v) is 15.9. The monoisotopic (exact) mass is 390 g/mol. The molecule has 144 valence electrons. The number of hydrogen-bond acceptors (Lipinski definition) is 5. The molecule has 0 aliphatic carbocycles. The van der Waals surface area contributed by atoms with Gasteiger partial charge in [-0.1, -0.05) is 24.3 Å². The highest BCUT2D eigenvalue weighted by Gasteiger charge is 2.20. The lowest BCUT2D eigenvalue weighted by molar-refractivity contribution is -0.119. The van der Waals surface area contributed by atoms with Crippen molar-refractivity contribution in [3.05, 3.63) is 54.1 Å². The van der Waals surface area contributed by atoms with Crippen LogP contribution < -0.4 is 19.1 Å². The molecule has 0 radical (unpaired) electrons. The third-order valence-electron chi connectivity index (χ3n) is 4.03. The van der Waals surface area contributed by atoms with Gasteiger partial charge < -0.3 is 14.8 Å². The Kier molecular flexibility index (Phi) is 5.85. The van der Waals surface area contributed by atoms with E-state index < -0.39 is 15.9 Å². The number of anilines is 1. The van der Waals surface area contributed by atoms with Crippen molar-refractivity contribution in [2.45, 2.75) is 13.0 Å². The number of ether oxygens (including phenoxy) is 2. The first-order valence-corrected chi connectivity index (χ1v) is 10.5. The van der Waals surface area contributed by atoms with Crippen molar-refractivity contribution >= 4 is 21.6 Å². The predicted octanol–water partition coefficient (Wildman–Crippen LogP) is 1.93. The van der Waals surface area contributed by atoms with Gasteiger partial charge >= 0.3 is 0 Å². The molecule has 0 aromatic heterocycles. The first-order chi connectivity index (χ1) is 12.9. The lowest BCUT2D eigenvalue weighted by Crippen LogP contribution is -2.40. The van der Waals surface area contributed by atoms with E-state index >= 15 is 0 Å². The highest BCUT2D eigenvalue weighted by Crippen LogP contribution is 2.30. The van der Waals surface area contributed by atoms with Crippen LogP contribution in [0.25, 0.3) is 0 Å². The smallest absolute Gasteiger partial charge is 0.241 e. The Morgan fingerprint density at radius 1 is 1.07 bits per heavy atom. The summed E-state index contributed by atoms with van der Waals surface area (Å²) in [5, 5.41) is 2.75. The first kappa shape index (κ1) is 19.0. The van der Waals surface area contributed by atoms with E-state index in [1.165, 1.54) is 0 Å². The number of benzene rings is 2. The summed E-state index contributed by atoms with van der Waals surface area (Å²) in [6.07, 6.45) is 1.90. The van der Waals surface area contributed by atoms with E-state index in [0.717, 1.165) is 22.5 Å². The zero-order chi connectivity index (χ0) is 19.3. The number of carbonyl (C=O) groups is 1. The number of sulfonamides is 1. The van der Waals surface area contributed by atoms with Crippen molar-refractivity contribution in [1.29, 1.82) is 0 Å². The van der Waals surface area contributed by atoms with Crippen LogP contribution in [0.5, 0.6) is 11.5 Å². The Morgan fingerprint density at radius 3 is 2.48 bits per heavy atom. The molecule has 8 heteroatoms. The van der Waals surface area contributed by atoms with Gasteiger partial charge in [-0.15, -0.1) is 0 Å². The molecule has 0 saturated carbocycles. The maximum absolute atomic E-state index is 12.3. The average Bonchev–Trinajstić information content (AvgIpc) is 2.89. The molecule has 0 spiro atoms. The van der Waals surface area contributed by atoms with Crippen molar-refractivity contribution in [2.75, 3.05) is 30.3 Å². The minimum absolute atomic E-state index is 0.266. The van der Waals surface area contributed by atoms with E-state index in [1.807, 2.05) is 18.2 Å². The number of carbonyl (C=O) groups excluding carboxylic acids is 1. The number of rotatable bonds is 6. The van der Waals surface area contributed by atoms with Crippen LogP contribution in [0.4, 0.5) is 5.69 Å². The molecule has 1 aliphatic rings. The van der Waals surface area contributed by atoms with Crippen molar-refractivity contribution in [1.82, 2.24) is 5.32 Å². The lowest BCUT2D eigenvalue weighted by atomic mass is 10.2. The zero-order valence-electron chi connectivity index (χ0n) is 15.1. The Balaban J connectivity index is 1.64. The van der Waals surface area contributed by atoms with E-state index in [2.05, 4.69) is 5.32 Å². The molecule has 1 amide bonds.